The second-order valence-corrected chi connectivity index (χ2v) is 16.8. The van der Waals surface area contributed by atoms with Crippen LogP contribution in [0.2, 0.25) is 0 Å². The van der Waals surface area contributed by atoms with Gasteiger partial charge in [0.05, 0.1) is 12.4 Å². The maximum absolute atomic E-state index is 14.2. The first-order valence-electron chi connectivity index (χ1n) is 21.8. The number of aliphatic hydroxyl groups is 2. The minimum Gasteiger partial charge on any atom is -0.508 e. The Hall–Kier alpha value is -6.33. The topological polar surface area (TPSA) is 383 Å². The Morgan fingerprint density at radius 3 is 2.23 bits per heavy atom. The molecule has 16 N–H and O–H groups in total. The van der Waals surface area contributed by atoms with E-state index in [1.165, 1.54) is 29.6 Å². The van der Waals surface area contributed by atoms with Gasteiger partial charge in [0.1, 0.15) is 36.0 Å². The Labute approximate surface area is 376 Å². The van der Waals surface area contributed by atoms with E-state index in [4.69, 9.17) is 17.2 Å². The average Bonchev–Trinajstić information content (AvgIpc) is 3.96. The fourth-order valence-corrected chi connectivity index (χ4v) is 7.76. The molecule has 1 saturated carbocycles. The molecule has 358 valence electrons. The van der Waals surface area contributed by atoms with Gasteiger partial charge >= 0.3 is 5.97 Å². The molecular weight excluding hydrogens is 849 g/mol. The van der Waals surface area contributed by atoms with Crippen LogP contribution < -0.4 is 43.8 Å². The van der Waals surface area contributed by atoms with Crippen LogP contribution in [0.25, 0.3) is 0 Å². The molecule has 23 nitrogen and oxygen atoms in total. The molecule has 2 aliphatic rings. The van der Waals surface area contributed by atoms with Crippen LogP contribution in [0.15, 0.2) is 41.8 Å². The van der Waals surface area contributed by atoms with Gasteiger partial charge in [-0.25, -0.2) is 9.78 Å². The maximum atomic E-state index is 14.2. The number of nitrogens with one attached hydrogen (secondary N) is 6. The van der Waals surface area contributed by atoms with Gasteiger partial charge in [-0.05, 0) is 68.1 Å². The number of guanidine groups is 1. The Balaban J connectivity index is 1.42. The molecule has 65 heavy (non-hydrogen) atoms. The summed E-state index contributed by atoms with van der Waals surface area (Å²) in [5.74, 6) is -6.11. The van der Waals surface area contributed by atoms with Crippen molar-refractivity contribution >= 4 is 47.4 Å². The van der Waals surface area contributed by atoms with E-state index >= 15 is 0 Å². The molecule has 0 bridgehead atoms. The van der Waals surface area contributed by atoms with Crippen molar-refractivity contribution in [3.05, 3.63) is 48.0 Å². The summed E-state index contributed by atoms with van der Waals surface area (Å²) in [6.07, 6.45) is 2.94. The zero-order chi connectivity index (χ0) is 47.8. The lowest BCUT2D eigenvalue weighted by molar-refractivity contribution is -0.149. The van der Waals surface area contributed by atoms with Crippen LogP contribution in [0.4, 0.5) is 0 Å². The molecule has 2 fully saturated rings. The smallest absolute Gasteiger partial charge is 0.326 e. The third-order valence-electron chi connectivity index (χ3n) is 11.8. The number of aliphatic hydroxyl groups excluding tert-OH is 1. The van der Waals surface area contributed by atoms with Crippen LogP contribution in [-0.4, -0.2) is 145 Å². The van der Waals surface area contributed by atoms with E-state index in [2.05, 4.69) is 41.5 Å². The summed E-state index contributed by atoms with van der Waals surface area (Å²) >= 11 is 0. The summed E-state index contributed by atoms with van der Waals surface area (Å²) in [4.78, 5) is 106. The van der Waals surface area contributed by atoms with Gasteiger partial charge < -0.3 is 74.1 Å². The normalized spacial score (nSPS) is 19.6. The molecule has 0 radical (unpaired) electrons. The Bertz CT molecular complexity index is 1960. The summed E-state index contributed by atoms with van der Waals surface area (Å²) in [5.41, 5.74) is 17.6. The monoisotopic (exact) mass is 912 g/mol. The molecule has 2 heterocycles. The number of aromatic amines is 1. The number of carbonyl (C=O) groups is 7. The van der Waals surface area contributed by atoms with E-state index in [-0.39, 0.29) is 62.9 Å². The summed E-state index contributed by atoms with van der Waals surface area (Å²) in [5, 5.41) is 51.8. The number of carbonyl (C=O) groups excluding carboxylic acids is 6. The first kappa shape index (κ1) is 51.3. The van der Waals surface area contributed by atoms with Crippen molar-refractivity contribution in [3.63, 3.8) is 0 Å². The van der Waals surface area contributed by atoms with E-state index in [1.54, 1.807) is 19.1 Å². The number of aliphatic carboxylic acids is 1. The molecule has 2 aromatic rings. The highest BCUT2D eigenvalue weighted by Gasteiger charge is 2.41. The van der Waals surface area contributed by atoms with Crippen molar-refractivity contribution in [1.82, 2.24) is 41.5 Å². The number of benzene rings is 1. The quantitative estimate of drug-likeness (QED) is 0.0207. The van der Waals surface area contributed by atoms with Crippen LogP contribution in [0.5, 0.6) is 5.75 Å². The number of imidazole rings is 1. The molecule has 4 rings (SSSR count). The first-order valence-corrected chi connectivity index (χ1v) is 21.8. The van der Waals surface area contributed by atoms with Crippen molar-refractivity contribution < 1.29 is 54.0 Å². The van der Waals surface area contributed by atoms with Gasteiger partial charge in [0, 0.05) is 56.7 Å². The number of nitrogens with zero attached hydrogens (tertiary/aromatic N) is 3. The van der Waals surface area contributed by atoms with Gasteiger partial charge in [-0.15, -0.1) is 0 Å². The molecule has 1 aromatic heterocycles. The number of hydrogen-bond donors (Lipinski definition) is 13. The SMILES string of the molecule is CCC(C)[C@H](NC(=O)C(Cc1ccc(O)cc1)NC(=O)C1CC(CNC(=O)[C@H](CCCN=C(N)N)NC(=O)[C@@H](N)CC(O)O)C1)C(=O)N[C@@H](Cc1cnc[nH]1)C(=O)N1CCC[C@H]1C(=O)O. The zero-order valence-corrected chi connectivity index (χ0v) is 36.7. The van der Waals surface area contributed by atoms with E-state index in [9.17, 15) is 54.0 Å². The standard InChI is InChI=1S/C42H64N12O11/c1-3-22(2)34(39(62)52-31(17-26-20-46-21-49-26)40(63)54-13-5-7-32(54)41(64)65)53-38(61)30(16-23-8-10-27(55)11-9-23)51-35(58)25-14-24(15-25)19-48-37(60)29(6-4-12-47-42(44)45)50-36(59)28(43)18-33(56)57/h8-11,20-22,24-25,28-34,55-57H,3-7,12-19,43H2,1-2H3,(H,46,49)(H,48,60)(H,50,59)(H,51,58)(H,52,62)(H,53,61)(H,64,65)(H4,44,45,47)/t22?,24?,25?,28-,29-,30?,31-,32-,34-/m0/s1. The fourth-order valence-electron chi connectivity index (χ4n) is 7.76. The van der Waals surface area contributed by atoms with Gasteiger partial charge in [-0.1, -0.05) is 32.4 Å². The summed E-state index contributed by atoms with van der Waals surface area (Å²) in [6, 6.07) is -0.873. The third-order valence-corrected chi connectivity index (χ3v) is 11.8. The number of amides is 6. The van der Waals surface area contributed by atoms with Crippen molar-refractivity contribution in [2.75, 3.05) is 19.6 Å². The zero-order valence-electron chi connectivity index (χ0n) is 36.7. The van der Waals surface area contributed by atoms with Crippen molar-refractivity contribution in [3.8, 4) is 5.75 Å². The molecule has 1 saturated heterocycles. The largest absolute Gasteiger partial charge is 0.508 e. The minimum absolute atomic E-state index is 0.00696. The van der Waals surface area contributed by atoms with Crippen molar-refractivity contribution in [1.29, 1.82) is 0 Å². The number of aliphatic imine (C=N–C) groups is 1. The van der Waals surface area contributed by atoms with Gasteiger partial charge in [0.25, 0.3) is 0 Å². The molecule has 6 amide bonds. The lowest BCUT2D eigenvalue weighted by atomic mass is 9.74. The number of phenolic OH excluding ortho intramolecular Hbond substituents is 1. The number of aromatic nitrogens is 2. The molecule has 2 unspecified atom stereocenters. The number of H-pyrrole nitrogens is 1. The van der Waals surface area contributed by atoms with Crippen molar-refractivity contribution in [2.45, 2.75) is 121 Å². The highest BCUT2D eigenvalue weighted by Crippen LogP contribution is 2.33. The van der Waals surface area contributed by atoms with Crippen LogP contribution >= 0.6 is 0 Å². The number of phenols is 1. The maximum Gasteiger partial charge on any atom is 0.326 e. The van der Waals surface area contributed by atoms with E-state index in [0.717, 1.165) is 0 Å². The van der Waals surface area contributed by atoms with Gasteiger partial charge in [-0.3, -0.25) is 33.8 Å². The molecule has 23 heteroatoms. The number of carboxylic acid groups (broad SMARTS) is 1. The van der Waals surface area contributed by atoms with Gasteiger partial charge in [0.15, 0.2) is 12.2 Å². The molecule has 0 spiro atoms. The van der Waals surface area contributed by atoms with Crippen molar-refractivity contribution in [2.24, 2.45) is 39.9 Å². The molecule has 7 atom stereocenters. The Morgan fingerprint density at radius 1 is 0.923 bits per heavy atom. The molecule has 1 aliphatic carbocycles. The second-order valence-electron chi connectivity index (χ2n) is 16.8. The van der Waals surface area contributed by atoms with Gasteiger partial charge in [-0.2, -0.15) is 0 Å². The van der Waals surface area contributed by atoms with Crippen LogP contribution in [-0.2, 0) is 46.4 Å². The average molecular weight is 913 g/mol. The Kier molecular flexibility index (Phi) is 19.5. The van der Waals surface area contributed by atoms with E-state index < -0.39 is 102 Å². The first-order chi connectivity index (χ1) is 30.9. The summed E-state index contributed by atoms with van der Waals surface area (Å²) in [6.45, 7) is 4.11. The van der Waals surface area contributed by atoms with E-state index in [0.29, 0.717) is 43.4 Å². The summed E-state index contributed by atoms with van der Waals surface area (Å²) in [7, 11) is 0. The van der Waals surface area contributed by atoms with Crippen LogP contribution in [0.3, 0.4) is 0 Å². The number of aromatic hydroxyl groups is 1. The van der Waals surface area contributed by atoms with Crippen LogP contribution in [0, 0.1) is 17.8 Å². The number of carboxylic acids is 1. The summed E-state index contributed by atoms with van der Waals surface area (Å²) < 4.78 is 0. The number of nitrogens with two attached hydrogens (primary N) is 3. The lowest BCUT2D eigenvalue weighted by Gasteiger charge is -2.36. The highest BCUT2D eigenvalue weighted by atomic mass is 16.5. The lowest BCUT2D eigenvalue weighted by Crippen LogP contribution is -2.60. The molecule has 1 aromatic carbocycles. The highest BCUT2D eigenvalue weighted by molar-refractivity contribution is 5.96. The number of likely N-dealkylation sites (tertiary alicyclic amines) is 1. The minimum atomic E-state index is -1.83. The predicted octanol–water partition coefficient (Wildman–Crippen LogP) is -2.81. The molecule has 1 aliphatic heterocycles. The third kappa shape index (κ3) is 15.7. The number of hydrogen-bond acceptors (Lipinski definition) is 13. The second kappa shape index (κ2) is 24.7. The van der Waals surface area contributed by atoms with Gasteiger partial charge in [0.2, 0.25) is 35.4 Å². The van der Waals surface area contributed by atoms with Crippen LogP contribution in [0.1, 0.15) is 76.5 Å². The molecular formula is C42H64N12O11. The predicted molar refractivity (Wildman–Crippen MR) is 234 cm³/mol. The Morgan fingerprint density at radius 2 is 1.62 bits per heavy atom. The fraction of sp³-hybridized carbons (Fsp3) is 0.595. The van der Waals surface area contributed by atoms with E-state index in [1.807, 2.05) is 6.92 Å². The number of rotatable bonds is 25.